The molecule has 2 rings (SSSR count). The molecule has 0 fully saturated rings. The van der Waals surface area contributed by atoms with Crippen LogP contribution in [0.25, 0.3) is 0 Å². The van der Waals surface area contributed by atoms with E-state index in [0.717, 1.165) is 5.56 Å². The van der Waals surface area contributed by atoms with Crippen molar-refractivity contribution in [2.75, 3.05) is 19.0 Å². The molecule has 1 unspecified atom stereocenters. The van der Waals surface area contributed by atoms with Crippen molar-refractivity contribution in [3.8, 4) is 5.75 Å². The molecule has 0 heterocycles. The summed E-state index contributed by atoms with van der Waals surface area (Å²) < 4.78 is 5.47. The van der Waals surface area contributed by atoms with Crippen molar-refractivity contribution in [1.82, 2.24) is 5.32 Å². The fourth-order valence-electron chi connectivity index (χ4n) is 2.25. The van der Waals surface area contributed by atoms with Crippen LogP contribution in [0.4, 0.5) is 5.69 Å². The fraction of sp³-hybridized carbons (Fsp3) is 0.263. The molecule has 0 spiro atoms. The summed E-state index contributed by atoms with van der Waals surface area (Å²) in [6.07, 6.45) is 0.501. The fourth-order valence-corrected chi connectivity index (χ4v) is 2.25. The highest BCUT2D eigenvalue weighted by molar-refractivity contribution is 5.91. The van der Waals surface area contributed by atoms with Gasteiger partial charge < -0.3 is 21.1 Å². The van der Waals surface area contributed by atoms with E-state index in [1.54, 1.807) is 31.3 Å². The van der Waals surface area contributed by atoms with Gasteiger partial charge in [0.2, 0.25) is 11.8 Å². The molecule has 0 saturated carbocycles. The van der Waals surface area contributed by atoms with Crippen LogP contribution in [0.2, 0.25) is 0 Å². The minimum absolute atomic E-state index is 0.0707. The van der Waals surface area contributed by atoms with E-state index in [0.29, 0.717) is 24.5 Å². The number of carbonyl (C=O) groups is 2. The summed E-state index contributed by atoms with van der Waals surface area (Å²) in [6, 6.07) is 16.2. The summed E-state index contributed by atoms with van der Waals surface area (Å²) in [5.74, 6) is 0.422. The molecule has 6 heteroatoms. The van der Waals surface area contributed by atoms with Gasteiger partial charge in [-0.15, -0.1) is 0 Å². The van der Waals surface area contributed by atoms with Gasteiger partial charge in [-0.25, -0.2) is 0 Å². The molecule has 2 amide bonds. The van der Waals surface area contributed by atoms with Gasteiger partial charge >= 0.3 is 0 Å². The van der Waals surface area contributed by atoms with Crippen LogP contribution in [-0.4, -0.2) is 25.5 Å². The summed E-state index contributed by atoms with van der Waals surface area (Å²) in [5, 5.41) is 5.35. The lowest BCUT2D eigenvalue weighted by molar-refractivity contribution is -0.121. The Morgan fingerprint density at radius 1 is 1.04 bits per heavy atom. The molecule has 0 aliphatic rings. The monoisotopic (exact) mass is 341 g/mol. The molecular formula is C19H23N3O3. The zero-order valence-corrected chi connectivity index (χ0v) is 14.2. The van der Waals surface area contributed by atoms with E-state index in [4.69, 9.17) is 10.5 Å². The van der Waals surface area contributed by atoms with Gasteiger partial charge in [-0.3, -0.25) is 9.59 Å². The Morgan fingerprint density at radius 2 is 1.72 bits per heavy atom. The van der Waals surface area contributed by atoms with Crippen LogP contribution in [0.5, 0.6) is 5.75 Å². The van der Waals surface area contributed by atoms with Gasteiger partial charge in [-0.1, -0.05) is 30.3 Å². The van der Waals surface area contributed by atoms with Crippen LogP contribution >= 0.6 is 0 Å². The van der Waals surface area contributed by atoms with Gasteiger partial charge in [-0.2, -0.15) is 0 Å². The standard InChI is InChI=1S/C19H23N3O3/c1-21-18(23)11-12-25-16-9-7-15(8-10-16)22-19(24)13-17(20)14-5-3-2-4-6-14/h2-10,17H,11-13,20H2,1H3,(H,21,23)(H,22,24). The minimum atomic E-state index is -0.339. The molecule has 4 N–H and O–H groups in total. The third-order valence-corrected chi connectivity index (χ3v) is 3.65. The van der Waals surface area contributed by atoms with Crippen molar-refractivity contribution in [1.29, 1.82) is 0 Å². The maximum absolute atomic E-state index is 12.1. The van der Waals surface area contributed by atoms with Crippen LogP contribution < -0.4 is 21.1 Å². The largest absolute Gasteiger partial charge is 0.493 e. The Balaban J connectivity index is 1.80. The first-order chi connectivity index (χ1) is 12.1. The van der Waals surface area contributed by atoms with Gasteiger partial charge in [0.1, 0.15) is 5.75 Å². The average Bonchev–Trinajstić information content (AvgIpc) is 2.63. The number of hydrogen-bond acceptors (Lipinski definition) is 4. The lowest BCUT2D eigenvalue weighted by Crippen LogP contribution is -2.20. The minimum Gasteiger partial charge on any atom is -0.493 e. The Bertz CT molecular complexity index is 687. The SMILES string of the molecule is CNC(=O)CCOc1ccc(NC(=O)CC(N)c2ccccc2)cc1. The van der Waals surface area contributed by atoms with E-state index in [1.807, 2.05) is 30.3 Å². The van der Waals surface area contributed by atoms with Gasteiger partial charge in [0.25, 0.3) is 0 Å². The maximum atomic E-state index is 12.1. The molecule has 2 aromatic rings. The summed E-state index contributed by atoms with van der Waals surface area (Å²) in [6.45, 7) is 0.303. The number of nitrogens with two attached hydrogens (primary N) is 1. The molecule has 0 saturated heterocycles. The molecule has 1 atom stereocenters. The first-order valence-corrected chi connectivity index (χ1v) is 8.12. The van der Waals surface area contributed by atoms with E-state index in [9.17, 15) is 9.59 Å². The number of anilines is 1. The predicted octanol–water partition coefficient (Wildman–Crippen LogP) is 2.23. The molecule has 132 valence electrons. The number of nitrogens with one attached hydrogen (secondary N) is 2. The van der Waals surface area contributed by atoms with E-state index < -0.39 is 0 Å². The van der Waals surface area contributed by atoms with Gasteiger partial charge in [0.05, 0.1) is 13.0 Å². The predicted molar refractivity (Wildman–Crippen MR) is 97.2 cm³/mol. The second kappa shape index (κ2) is 9.44. The van der Waals surface area contributed by atoms with Crippen LogP contribution in [0.1, 0.15) is 24.4 Å². The van der Waals surface area contributed by atoms with E-state index in [1.165, 1.54) is 0 Å². The summed E-state index contributed by atoms with van der Waals surface area (Å²) in [4.78, 5) is 23.2. The Labute approximate surface area is 147 Å². The van der Waals surface area contributed by atoms with Crippen LogP contribution in [0.15, 0.2) is 54.6 Å². The molecule has 25 heavy (non-hydrogen) atoms. The van der Waals surface area contributed by atoms with Gasteiger partial charge in [0.15, 0.2) is 0 Å². The van der Waals surface area contributed by atoms with Crippen molar-refractivity contribution in [2.24, 2.45) is 5.73 Å². The van der Waals surface area contributed by atoms with Crippen LogP contribution in [0.3, 0.4) is 0 Å². The third-order valence-electron chi connectivity index (χ3n) is 3.65. The van der Waals surface area contributed by atoms with E-state index in [-0.39, 0.29) is 24.3 Å². The first kappa shape index (κ1) is 18.5. The second-order valence-electron chi connectivity index (χ2n) is 5.57. The Morgan fingerprint density at radius 3 is 2.36 bits per heavy atom. The summed E-state index contributed by atoms with van der Waals surface area (Å²) in [7, 11) is 1.59. The van der Waals surface area contributed by atoms with Crippen molar-refractivity contribution in [3.05, 3.63) is 60.2 Å². The number of amides is 2. The highest BCUT2D eigenvalue weighted by atomic mass is 16.5. The topological polar surface area (TPSA) is 93.5 Å². The highest BCUT2D eigenvalue weighted by Gasteiger charge is 2.11. The van der Waals surface area contributed by atoms with Crippen molar-refractivity contribution in [3.63, 3.8) is 0 Å². The lowest BCUT2D eigenvalue weighted by Gasteiger charge is -2.12. The Kier molecular flexibility index (Phi) is 6.98. The normalized spacial score (nSPS) is 11.4. The summed E-state index contributed by atoms with van der Waals surface area (Å²) >= 11 is 0. The number of hydrogen-bond donors (Lipinski definition) is 3. The summed E-state index contributed by atoms with van der Waals surface area (Å²) in [5.41, 5.74) is 7.65. The molecule has 0 bridgehead atoms. The second-order valence-corrected chi connectivity index (χ2v) is 5.57. The van der Waals surface area contributed by atoms with Gasteiger partial charge in [0, 0.05) is 25.2 Å². The van der Waals surface area contributed by atoms with Crippen molar-refractivity contribution in [2.45, 2.75) is 18.9 Å². The molecule has 0 aliphatic heterocycles. The zero-order chi connectivity index (χ0) is 18.1. The lowest BCUT2D eigenvalue weighted by atomic mass is 10.0. The maximum Gasteiger partial charge on any atom is 0.226 e. The molecule has 2 aromatic carbocycles. The molecule has 0 aromatic heterocycles. The number of rotatable bonds is 8. The van der Waals surface area contributed by atoms with Crippen LogP contribution in [0, 0.1) is 0 Å². The average molecular weight is 341 g/mol. The molecule has 0 aliphatic carbocycles. The zero-order valence-electron chi connectivity index (χ0n) is 14.2. The van der Waals surface area contributed by atoms with Crippen molar-refractivity contribution < 1.29 is 14.3 Å². The smallest absolute Gasteiger partial charge is 0.226 e. The van der Waals surface area contributed by atoms with E-state index in [2.05, 4.69) is 10.6 Å². The first-order valence-electron chi connectivity index (χ1n) is 8.12. The highest BCUT2D eigenvalue weighted by Crippen LogP contribution is 2.18. The molecule has 0 radical (unpaired) electrons. The number of ether oxygens (including phenoxy) is 1. The van der Waals surface area contributed by atoms with Crippen molar-refractivity contribution >= 4 is 17.5 Å². The van der Waals surface area contributed by atoms with Crippen LogP contribution in [-0.2, 0) is 9.59 Å². The number of benzene rings is 2. The molecular weight excluding hydrogens is 318 g/mol. The molecule has 6 nitrogen and oxygen atoms in total. The number of carbonyl (C=O) groups excluding carboxylic acids is 2. The quantitative estimate of drug-likeness (QED) is 0.686. The van der Waals surface area contributed by atoms with E-state index >= 15 is 0 Å². The Hall–Kier alpha value is -2.86. The third kappa shape index (κ3) is 6.27. The van der Waals surface area contributed by atoms with Gasteiger partial charge in [-0.05, 0) is 29.8 Å².